The summed E-state index contributed by atoms with van der Waals surface area (Å²) in [5.41, 5.74) is 10.4. The van der Waals surface area contributed by atoms with Crippen LogP contribution in [0.25, 0.3) is 0 Å². The number of amides is 1. The van der Waals surface area contributed by atoms with Gasteiger partial charge in [-0.3, -0.25) is 4.79 Å². The van der Waals surface area contributed by atoms with E-state index in [-0.39, 0.29) is 23.4 Å². The Morgan fingerprint density at radius 1 is 1.52 bits per heavy atom. The van der Waals surface area contributed by atoms with Gasteiger partial charge in [-0.1, -0.05) is 13.8 Å². The van der Waals surface area contributed by atoms with E-state index < -0.39 is 0 Å². The zero-order valence-electron chi connectivity index (χ0n) is 14.0. The summed E-state index contributed by atoms with van der Waals surface area (Å²) < 4.78 is 2.29. The maximum absolute atomic E-state index is 11.9. The van der Waals surface area contributed by atoms with Crippen LogP contribution in [0.1, 0.15) is 63.5 Å². The molecule has 2 rings (SSSR count). The number of hydrogen-bond acceptors (Lipinski definition) is 2. The molecule has 1 aliphatic rings. The van der Waals surface area contributed by atoms with Crippen molar-refractivity contribution in [2.24, 2.45) is 11.1 Å². The number of aromatic nitrogens is 1. The molecule has 0 saturated heterocycles. The van der Waals surface area contributed by atoms with Gasteiger partial charge in [0.1, 0.15) is 0 Å². The third-order valence-electron chi connectivity index (χ3n) is 4.28. The summed E-state index contributed by atoms with van der Waals surface area (Å²) in [6.07, 6.45) is 2.59. The van der Waals surface area contributed by atoms with Crippen molar-refractivity contribution in [3.8, 4) is 0 Å². The van der Waals surface area contributed by atoms with Crippen LogP contribution in [-0.2, 0) is 17.8 Å². The first-order chi connectivity index (χ1) is 9.69. The summed E-state index contributed by atoms with van der Waals surface area (Å²) in [5.74, 6) is 0.117. The summed E-state index contributed by atoms with van der Waals surface area (Å²) in [6.45, 7) is 11.4. The van der Waals surface area contributed by atoms with Crippen LogP contribution in [0.15, 0.2) is 6.07 Å². The Morgan fingerprint density at radius 2 is 2.19 bits per heavy atom. The van der Waals surface area contributed by atoms with Crippen molar-refractivity contribution in [2.75, 3.05) is 0 Å². The van der Waals surface area contributed by atoms with Crippen molar-refractivity contribution < 1.29 is 4.79 Å². The van der Waals surface area contributed by atoms with Gasteiger partial charge in [0.2, 0.25) is 5.91 Å². The molecule has 0 bridgehead atoms. The predicted molar refractivity (Wildman–Crippen MR) is 86.1 cm³/mol. The fourth-order valence-electron chi connectivity index (χ4n) is 3.42. The van der Waals surface area contributed by atoms with Gasteiger partial charge in [-0.15, -0.1) is 0 Å². The van der Waals surface area contributed by atoms with Crippen LogP contribution in [0.3, 0.4) is 0 Å². The van der Waals surface area contributed by atoms with Gasteiger partial charge in [0.05, 0.1) is 0 Å². The van der Waals surface area contributed by atoms with Crippen LogP contribution in [0, 0.1) is 12.3 Å². The number of nitrogens with one attached hydrogen (secondary N) is 1. The normalized spacial score (nSPS) is 20.4. The first kappa shape index (κ1) is 16.1. The third kappa shape index (κ3) is 3.67. The van der Waals surface area contributed by atoms with Crippen LogP contribution in [0.5, 0.6) is 0 Å². The Bertz CT molecular complexity index is 528. The first-order valence-corrected chi connectivity index (χ1v) is 7.93. The maximum atomic E-state index is 11.9. The van der Waals surface area contributed by atoms with Gasteiger partial charge >= 0.3 is 0 Å². The Balaban J connectivity index is 2.16. The van der Waals surface area contributed by atoms with E-state index in [2.05, 4.69) is 36.7 Å². The molecule has 1 aromatic rings. The number of aryl methyl sites for hydroxylation is 1. The van der Waals surface area contributed by atoms with E-state index in [0.717, 1.165) is 19.4 Å². The van der Waals surface area contributed by atoms with Crippen LogP contribution in [0.4, 0.5) is 0 Å². The fourth-order valence-corrected chi connectivity index (χ4v) is 3.42. The minimum absolute atomic E-state index is 0.117. The van der Waals surface area contributed by atoms with Gasteiger partial charge in [0, 0.05) is 36.4 Å². The van der Waals surface area contributed by atoms with Crippen molar-refractivity contribution >= 4 is 5.91 Å². The van der Waals surface area contributed by atoms with Gasteiger partial charge in [-0.2, -0.15) is 0 Å². The predicted octanol–water partition coefficient (Wildman–Crippen LogP) is 2.68. The van der Waals surface area contributed by atoms with E-state index in [1.807, 2.05) is 13.8 Å². The van der Waals surface area contributed by atoms with E-state index in [1.54, 1.807) is 0 Å². The average molecular weight is 291 g/mol. The Labute approximate surface area is 128 Å². The molecule has 0 aromatic carbocycles. The Hall–Kier alpha value is -1.29. The number of rotatable bonds is 4. The monoisotopic (exact) mass is 291 g/mol. The molecule has 1 amide bonds. The molecule has 1 atom stereocenters. The number of carbonyl (C=O) groups excluding carboxylic acids is 1. The minimum Gasteiger partial charge on any atom is -0.354 e. The number of hydrogen-bond donors (Lipinski definition) is 2. The highest BCUT2D eigenvalue weighted by atomic mass is 16.1. The van der Waals surface area contributed by atoms with E-state index in [4.69, 9.17) is 5.73 Å². The molecule has 0 aliphatic heterocycles. The average Bonchev–Trinajstić information content (AvgIpc) is 2.61. The molecule has 0 spiro atoms. The molecule has 0 radical (unpaired) electrons. The summed E-state index contributed by atoms with van der Waals surface area (Å²) in [7, 11) is 0. The van der Waals surface area contributed by atoms with Crippen LogP contribution in [0.2, 0.25) is 0 Å². The van der Waals surface area contributed by atoms with Gasteiger partial charge in [-0.05, 0) is 50.7 Å². The standard InChI is InChI=1S/C17H29N3O/c1-11(2)19-16(21)6-7-20-12(3)8-13-14(18)9-17(4,5)10-15(13)20/h8,11,14H,6-7,9-10,18H2,1-5H3,(H,19,21). The Kier molecular flexibility index (Phi) is 4.47. The van der Waals surface area contributed by atoms with Crippen LogP contribution >= 0.6 is 0 Å². The van der Waals surface area contributed by atoms with E-state index >= 15 is 0 Å². The number of fused-ring (bicyclic) bond motifs is 1. The van der Waals surface area contributed by atoms with Crippen molar-refractivity contribution in [3.63, 3.8) is 0 Å². The molecule has 4 nitrogen and oxygen atoms in total. The summed E-state index contributed by atoms with van der Waals surface area (Å²) in [4.78, 5) is 11.9. The highest BCUT2D eigenvalue weighted by Crippen LogP contribution is 2.40. The van der Waals surface area contributed by atoms with E-state index in [0.29, 0.717) is 6.42 Å². The van der Waals surface area contributed by atoms with Crippen molar-refractivity contribution in [1.82, 2.24) is 9.88 Å². The molecule has 1 heterocycles. The second-order valence-corrected chi connectivity index (χ2v) is 7.46. The lowest BCUT2D eigenvalue weighted by Gasteiger charge is -2.34. The number of nitrogens with two attached hydrogens (primary N) is 1. The largest absolute Gasteiger partial charge is 0.354 e. The molecule has 4 heteroatoms. The van der Waals surface area contributed by atoms with Crippen LogP contribution < -0.4 is 11.1 Å². The highest BCUT2D eigenvalue weighted by molar-refractivity contribution is 5.76. The molecule has 1 aliphatic carbocycles. The fraction of sp³-hybridized carbons (Fsp3) is 0.706. The SMILES string of the molecule is Cc1cc2c(n1CCC(=O)NC(C)C)CC(C)(C)CC2N. The summed E-state index contributed by atoms with van der Waals surface area (Å²) in [6, 6.07) is 2.52. The smallest absolute Gasteiger partial charge is 0.221 e. The summed E-state index contributed by atoms with van der Waals surface area (Å²) >= 11 is 0. The summed E-state index contributed by atoms with van der Waals surface area (Å²) in [5, 5.41) is 2.95. The van der Waals surface area contributed by atoms with Crippen LogP contribution in [-0.4, -0.2) is 16.5 Å². The molecule has 3 N–H and O–H groups in total. The Morgan fingerprint density at radius 3 is 2.81 bits per heavy atom. The second-order valence-electron chi connectivity index (χ2n) is 7.46. The molecule has 118 valence electrons. The van der Waals surface area contributed by atoms with Crippen molar-refractivity contribution in [1.29, 1.82) is 0 Å². The topological polar surface area (TPSA) is 60.0 Å². The number of nitrogens with zero attached hydrogens (tertiary/aromatic N) is 1. The molecule has 0 fully saturated rings. The molecular formula is C17H29N3O. The molecule has 0 saturated carbocycles. The van der Waals surface area contributed by atoms with Gasteiger partial charge in [-0.25, -0.2) is 0 Å². The zero-order chi connectivity index (χ0) is 15.8. The molecule has 1 unspecified atom stereocenters. The first-order valence-electron chi connectivity index (χ1n) is 7.93. The molecular weight excluding hydrogens is 262 g/mol. The maximum Gasteiger partial charge on any atom is 0.221 e. The van der Waals surface area contributed by atoms with E-state index in [1.165, 1.54) is 17.0 Å². The van der Waals surface area contributed by atoms with Gasteiger partial charge in [0.15, 0.2) is 0 Å². The second kappa shape index (κ2) is 5.84. The molecule has 21 heavy (non-hydrogen) atoms. The lowest BCUT2D eigenvalue weighted by atomic mass is 9.74. The van der Waals surface area contributed by atoms with Crippen molar-refractivity contribution in [3.05, 3.63) is 23.0 Å². The van der Waals surface area contributed by atoms with Gasteiger partial charge in [0.25, 0.3) is 0 Å². The van der Waals surface area contributed by atoms with Gasteiger partial charge < -0.3 is 15.6 Å². The third-order valence-corrected chi connectivity index (χ3v) is 4.28. The van der Waals surface area contributed by atoms with Crippen molar-refractivity contribution in [2.45, 2.75) is 72.5 Å². The quantitative estimate of drug-likeness (QED) is 0.896. The van der Waals surface area contributed by atoms with E-state index in [9.17, 15) is 4.79 Å². The minimum atomic E-state index is 0.117. The lowest BCUT2D eigenvalue weighted by molar-refractivity contribution is -0.121. The molecule has 1 aromatic heterocycles. The number of carbonyl (C=O) groups is 1. The lowest BCUT2D eigenvalue weighted by Crippen LogP contribution is -2.32. The highest BCUT2D eigenvalue weighted by Gasteiger charge is 2.33. The zero-order valence-corrected chi connectivity index (χ0v) is 14.0.